The summed E-state index contributed by atoms with van der Waals surface area (Å²) in [5.74, 6) is -2.04. The van der Waals surface area contributed by atoms with Crippen LogP contribution < -0.4 is 4.84 Å². The molecule has 0 saturated heterocycles. The van der Waals surface area contributed by atoms with Crippen LogP contribution in [0.2, 0.25) is 0 Å². The number of aromatic hydroxyl groups is 2. The highest BCUT2D eigenvalue weighted by atomic mass is 16.7. The fourth-order valence-corrected chi connectivity index (χ4v) is 1.16. The van der Waals surface area contributed by atoms with Crippen molar-refractivity contribution in [3.8, 4) is 11.8 Å². The molecule has 0 unspecified atom stereocenters. The highest BCUT2D eigenvalue weighted by Crippen LogP contribution is 2.18. The smallest absolute Gasteiger partial charge is 0.335 e. The van der Waals surface area contributed by atoms with Crippen LogP contribution in [0.5, 0.6) is 11.8 Å². The van der Waals surface area contributed by atoms with E-state index in [4.69, 9.17) is 4.74 Å². The Kier molecular flexibility index (Phi) is 6.11. The summed E-state index contributed by atoms with van der Waals surface area (Å²) in [7, 11) is 0. The molecule has 0 atom stereocenters. The Hall–Kier alpha value is -2.48. The van der Waals surface area contributed by atoms with Crippen LogP contribution in [0.15, 0.2) is 24.8 Å². The molecule has 20 heavy (non-hydrogen) atoms. The third-order valence-corrected chi connectivity index (χ3v) is 2.08. The number of carbonyl (C=O) groups excluding carboxylic acids is 2. The van der Waals surface area contributed by atoms with Gasteiger partial charge in [0.05, 0.1) is 19.6 Å². The van der Waals surface area contributed by atoms with Crippen molar-refractivity contribution in [1.29, 1.82) is 0 Å². The van der Waals surface area contributed by atoms with Crippen molar-refractivity contribution in [2.75, 3.05) is 19.8 Å². The summed E-state index contributed by atoms with van der Waals surface area (Å²) in [6.45, 7) is 3.46. The van der Waals surface area contributed by atoms with Gasteiger partial charge in [0.25, 0.3) is 0 Å². The topological polar surface area (TPSA) is 107 Å². The van der Waals surface area contributed by atoms with Crippen LogP contribution in [-0.2, 0) is 19.1 Å². The largest absolute Gasteiger partial charge is 0.492 e. The lowest BCUT2D eigenvalue weighted by atomic mass is 10.5. The number of nitrogens with zero attached hydrogens (tertiary/aromatic N) is 1. The van der Waals surface area contributed by atoms with Gasteiger partial charge in [-0.2, -0.15) is 0 Å². The quantitative estimate of drug-likeness (QED) is 0.393. The average Bonchev–Trinajstić information content (AvgIpc) is 2.74. The molecule has 1 heterocycles. The normalized spacial score (nSPS) is 10.0. The predicted octanol–water partition coefficient (Wildman–Crippen LogP) is -0.00960. The maximum absolute atomic E-state index is 11.4. The second-order valence-electron chi connectivity index (χ2n) is 3.54. The molecule has 1 aromatic heterocycles. The van der Waals surface area contributed by atoms with E-state index in [-0.39, 0.29) is 26.2 Å². The lowest BCUT2D eigenvalue weighted by Crippen LogP contribution is -2.20. The third kappa shape index (κ3) is 5.02. The fourth-order valence-electron chi connectivity index (χ4n) is 1.16. The van der Waals surface area contributed by atoms with E-state index in [1.165, 1.54) is 12.1 Å². The summed E-state index contributed by atoms with van der Waals surface area (Å²) in [6.07, 6.45) is 0.944. The second-order valence-corrected chi connectivity index (χ2v) is 3.54. The molecule has 8 nitrogen and oxygen atoms in total. The highest BCUT2D eigenvalue weighted by Gasteiger charge is 2.11. The van der Waals surface area contributed by atoms with Crippen molar-refractivity contribution >= 4 is 11.9 Å². The van der Waals surface area contributed by atoms with Crippen molar-refractivity contribution in [2.24, 2.45) is 0 Å². The van der Waals surface area contributed by atoms with E-state index in [0.717, 1.165) is 6.08 Å². The first-order valence-corrected chi connectivity index (χ1v) is 5.72. The molecule has 0 amide bonds. The van der Waals surface area contributed by atoms with Gasteiger partial charge in [-0.15, -0.1) is 4.73 Å². The Labute approximate surface area is 114 Å². The summed E-state index contributed by atoms with van der Waals surface area (Å²) >= 11 is 0. The number of esters is 1. The van der Waals surface area contributed by atoms with E-state index < -0.39 is 23.7 Å². The van der Waals surface area contributed by atoms with Gasteiger partial charge in [0.2, 0.25) is 11.8 Å². The molecule has 0 aliphatic rings. The molecule has 0 fully saturated rings. The maximum atomic E-state index is 11.4. The van der Waals surface area contributed by atoms with E-state index in [2.05, 4.69) is 16.2 Å². The molecule has 0 spiro atoms. The van der Waals surface area contributed by atoms with Gasteiger partial charge >= 0.3 is 11.9 Å². The number of carbonyl (C=O) groups is 2. The Bertz CT molecular complexity index is 461. The van der Waals surface area contributed by atoms with Crippen LogP contribution in [0.4, 0.5) is 0 Å². The fraction of sp³-hybridized carbons (Fsp3) is 0.333. The van der Waals surface area contributed by atoms with Crippen molar-refractivity contribution in [1.82, 2.24) is 4.73 Å². The lowest BCUT2D eigenvalue weighted by Gasteiger charge is -2.07. The Morgan fingerprint density at radius 3 is 2.45 bits per heavy atom. The summed E-state index contributed by atoms with van der Waals surface area (Å²) in [5, 5.41) is 18.5. The third-order valence-electron chi connectivity index (χ3n) is 2.08. The molecular formula is C12H15NO7. The van der Waals surface area contributed by atoms with Crippen molar-refractivity contribution < 1.29 is 34.1 Å². The van der Waals surface area contributed by atoms with Crippen LogP contribution in [0, 0.1) is 0 Å². The van der Waals surface area contributed by atoms with E-state index in [1.807, 2.05) is 0 Å². The van der Waals surface area contributed by atoms with Crippen LogP contribution in [0.3, 0.4) is 0 Å². The molecule has 0 bridgehead atoms. The molecule has 8 heteroatoms. The maximum Gasteiger partial charge on any atom is 0.335 e. The molecule has 1 aromatic rings. The number of rotatable bonds is 8. The molecule has 0 saturated carbocycles. The lowest BCUT2D eigenvalue weighted by molar-refractivity contribution is -0.147. The standard InChI is InChI=1S/C12H15NO7/c1-2-11(16)19-8-7-18-6-5-12(17)20-13-9(14)3-4-10(13)15/h2-4,14-15H,1,5-8H2. The zero-order valence-electron chi connectivity index (χ0n) is 10.7. The average molecular weight is 285 g/mol. The highest BCUT2D eigenvalue weighted by molar-refractivity contribution is 5.81. The monoisotopic (exact) mass is 285 g/mol. The summed E-state index contributed by atoms with van der Waals surface area (Å²) < 4.78 is 10.3. The zero-order chi connectivity index (χ0) is 15.0. The molecule has 0 radical (unpaired) electrons. The zero-order valence-corrected chi connectivity index (χ0v) is 10.7. The summed E-state index contributed by atoms with van der Waals surface area (Å²) in [6, 6.07) is 2.35. The number of ether oxygens (including phenoxy) is 2. The van der Waals surface area contributed by atoms with Gasteiger partial charge in [-0.05, 0) is 0 Å². The van der Waals surface area contributed by atoms with Crippen molar-refractivity contribution in [2.45, 2.75) is 6.42 Å². The van der Waals surface area contributed by atoms with E-state index in [1.54, 1.807) is 0 Å². The van der Waals surface area contributed by atoms with Gasteiger partial charge in [-0.25, -0.2) is 9.59 Å². The minimum absolute atomic E-state index is 0.0489. The Morgan fingerprint density at radius 2 is 1.85 bits per heavy atom. The Morgan fingerprint density at radius 1 is 1.20 bits per heavy atom. The molecular weight excluding hydrogens is 270 g/mol. The first-order chi connectivity index (χ1) is 9.54. The Balaban J connectivity index is 2.15. The minimum Gasteiger partial charge on any atom is -0.492 e. The molecule has 2 N–H and O–H groups in total. The predicted molar refractivity (Wildman–Crippen MR) is 65.9 cm³/mol. The van der Waals surface area contributed by atoms with Crippen LogP contribution in [0.25, 0.3) is 0 Å². The van der Waals surface area contributed by atoms with Gasteiger partial charge in [-0.3, -0.25) is 0 Å². The van der Waals surface area contributed by atoms with E-state index >= 15 is 0 Å². The van der Waals surface area contributed by atoms with Gasteiger partial charge in [0, 0.05) is 18.2 Å². The van der Waals surface area contributed by atoms with Gasteiger partial charge in [0.1, 0.15) is 6.61 Å². The van der Waals surface area contributed by atoms with Gasteiger partial charge in [0.15, 0.2) is 0 Å². The minimum atomic E-state index is -0.699. The first kappa shape index (κ1) is 15.6. The second kappa shape index (κ2) is 7.85. The number of hydrogen-bond acceptors (Lipinski definition) is 7. The van der Waals surface area contributed by atoms with Crippen LogP contribution >= 0.6 is 0 Å². The molecule has 110 valence electrons. The van der Waals surface area contributed by atoms with E-state index in [9.17, 15) is 19.8 Å². The first-order valence-electron chi connectivity index (χ1n) is 5.72. The van der Waals surface area contributed by atoms with Crippen molar-refractivity contribution in [3.63, 3.8) is 0 Å². The molecule has 1 rings (SSSR count). The van der Waals surface area contributed by atoms with Crippen molar-refractivity contribution in [3.05, 3.63) is 24.8 Å². The van der Waals surface area contributed by atoms with Crippen LogP contribution in [0.1, 0.15) is 6.42 Å². The molecule has 0 aliphatic carbocycles. The van der Waals surface area contributed by atoms with Crippen LogP contribution in [-0.4, -0.2) is 46.7 Å². The number of hydrogen-bond donors (Lipinski definition) is 2. The molecule has 0 aliphatic heterocycles. The van der Waals surface area contributed by atoms with Gasteiger partial charge in [-0.1, -0.05) is 6.58 Å². The van der Waals surface area contributed by atoms with Gasteiger partial charge < -0.3 is 24.5 Å². The summed E-state index contributed by atoms with van der Waals surface area (Å²) in [5.41, 5.74) is 0. The number of aromatic nitrogens is 1. The van der Waals surface area contributed by atoms with E-state index in [0.29, 0.717) is 4.73 Å². The molecule has 0 aromatic carbocycles. The summed E-state index contributed by atoms with van der Waals surface area (Å²) in [4.78, 5) is 26.7. The SMILES string of the molecule is C=CC(=O)OCCOCCC(=O)On1c(O)ccc1O.